The van der Waals surface area contributed by atoms with Crippen molar-refractivity contribution in [1.29, 1.82) is 0 Å². The summed E-state index contributed by atoms with van der Waals surface area (Å²) < 4.78 is 0. The summed E-state index contributed by atoms with van der Waals surface area (Å²) in [5.41, 5.74) is 0. The lowest BCUT2D eigenvalue weighted by atomic mass is 10.4. The number of hydrogen-bond acceptors (Lipinski definition) is 3. The molecular weight excluding hydrogens is 122 g/mol. The van der Waals surface area contributed by atoms with Crippen molar-refractivity contribution in [3.8, 4) is 0 Å². The van der Waals surface area contributed by atoms with Gasteiger partial charge in [-0.15, -0.1) is 11.8 Å². The summed E-state index contributed by atoms with van der Waals surface area (Å²) in [7, 11) is 0. The van der Waals surface area contributed by atoms with Crippen LogP contribution in [0.15, 0.2) is 4.99 Å². The molecule has 3 heteroatoms. The Morgan fingerprint density at radius 3 is 2.88 bits per heavy atom. The van der Waals surface area contributed by atoms with Gasteiger partial charge in [0.05, 0.1) is 11.1 Å². The molecule has 0 amide bonds. The van der Waals surface area contributed by atoms with Gasteiger partial charge in [-0.05, 0) is 6.92 Å². The Kier molecular flexibility index (Phi) is 1.91. The zero-order valence-electron chi connectivity index (χ0n) is 4.79. The largest absolute Gasteiger partial charge is 0.387 e. The maximum atomic E-state index is 8.90. The highest BCUT2D eigenvalue weighted by Gasteiger charge is 2.10. The van der Waals surface area contributed by atoms with Crippen molar-refractivity contribution in [2.24, 2.45) is 4.99 Å². The Morgan fingerprint density at radius 1 is 1.88 bits per heavy atom. The fourth-order valence-electron chi connectivity index (χ4n) is 0.604. The molecule has 1 aliphatic rings. The molecule has 0 radical (unpaired) electrons. The zero-order valence-corrected chi connectivity index (χ0v) is 5.61. The highest BCUT2D eigenvalue weighted by Crippen LogP contribution is 2.13. The third-order valence-corrected chi connectivity index (χ3v) is 2.12. The monoisotopic (exact) mass is 131 g/mol. The van der Waals surface area contributed by atoms with Gasteiger partial charge in [-0.3, -0.25) is 4.99 Å². The number of aliphatic hydroxyl groups excluding tert-OH is 1. The Hall–Kier alpha value is -0.0200. The van der Waals surface area contributed by atoms with Crippen LogP contribution in [0.4, 0.5) is 0 Å². The summed E-state index contributed by atoms with van der Waals surface area (Å²) in [6, 6.07) is 0. The van der Waals surface area contributed by atoms with E-state index < -0.39 is 0 Å². The second-order valence-electron chi connectivity index (χ2n) is 1.74. The first kappa shape index (κ1) is 6.11. The first-order valence-corrected chi connectivity index (χ1v) is 3.64. The molecule has 0 saturated heterocycles. The molecule has 0 aliphatic carbocycles. The molecule has 46 valence electrons. The van der Waals surface area contributed by atoms with E-state index in [0.29, 0.717) is 0 Å². The van der Waals surface area contributed by atoms with Crippen molar-refractivity contribution in [3.63, 3.8) is 0 Å². The van der Waals surface area contributed by atoms with Crippen molar-refractivity contribution >= 4 is 16.8 Å². The van der Waals surface area contributed by atoms with Crippen LogP contribution < -0.4 is 0 Å². The molecule has 1 heterocycles. The smallest absolute Gasteiger partial charge is 0.0988 e. The zero-order chi connectivity index (χ0) is 5.98. The van der Waals surface area contributed by atoms with E-state index in [1.54, 1.807) is 18.7 Å². The minimum Gasteiger partial charge on any atom is -0.387 e. The van der Waals surface area contributed by atoms with Crippen LogP contribution in [0, 0.1) is 0 Å². The molecule has 0 aromatic carbocycles. The SMILES string of the molecule is C[C@H](O)C1=NCCS1. The summed E-state index contributed by atoms with van der Waals surface area (Å²) in [6.07, 6.45) is -0.345. The van der Waals surface area contributed by atoms with Gasteiger partial charge in [0, 0.05) is 12.3 Å². The summed E-state index contributed by atoms with van der Waals surface area (Å²) in [6.45, 7) is 2.63. The molecule has 0 aromatic rings. The quantitative estimate of drug-likeness (QED) is 0.562. The van der Waals surface area contributed by atoms with Gasteiger partial charge in [0.1, 0.15) is 0 Å². The van der Waals surface area contributed by atoms with E-state index >= 15 is 0 Å². The van der Waals surface area contributed by atoms with Crippen molar-refractivity contribution in [3.05, 3.63) is 0 Å². The second kappa shape index (κ2) is 2.51. The van der Waals surface area contributed by atoms with Crippen molar-refractivity contribution in [2.75, 3.05) is 12.3 Å². The van der Waals surface area contributed by atoms with Crippen LogP contribution in [-0.2, 0) is 0 Å². The summed E-state index contributed by atoms with van der Waals surface area (Å²) in [5, 5.41) is 9.79. The summed E-state index contributed by atoms with van der Waals surface area (Å²) >= 11 is 1.65. The van der Waals surface area contributed by atoms with Crippen molar-refractivity contribution in [1.82, 2.24) is 0 Å². The summed E-state index contributed by atoms with van der Waals surface area (Å²) in [4.78, 5) is 4.06. The average Bonchev–Trinajstić information content (AvgIpc) is 2.12. The van der Waals surface area contributed by atoms with Crippen LogP contribution in [0.2, 0.25) is 0 Å². The lowest BCUT2D eigenvalue weighted by Crippen LogP contribution is -2.09. The molecule has 1 aliphatic heterocycles. The Balaban J connectivity index is 2.45. The fourth-order valence-corrected chi connectivity index (χ4v) is 1.42. The highest BCUT2D eigenvalue weighted by atomic mass is 32.2. The molecule has 0 bridgehead atoms. The topological polar surface area (TPSA) is 32.6 Å². The molecule has 0 spiro atoms. The number of rotatable bonds is 1. The predicted octanol–water partition coefficient (Wildman–Crippen LogP) is 0.512. The van der Waals surface area contributed by atoms with Crippen molar-refractivity contribution < 1.29 is 5.11 Å². The number of aliphatic hydroxyl groups is 1. The van der Waals surface area contributed by atoms with Crippen molar-refractivity contribution in [2.45, 2.75) is 13.0 Å². The van der Waals surface area contributed by atoms with E-state index in [9.17, 15) is 0 Å². The first-order valence-electron chi connectivity index (χ1n) is 2.66. The minimum atomic E-state index is -0.345. The highest BCUT2D eigenvalue weighted by molar-refractivity contribution is 8.14. The van der Waals surface area contributed by atoms with Gasteiger partial charge in [-0.25, -0.2) is 0 Å². The summed E-state index contributed by atoms with van der Waals surface area (Å²) in [5.74, 6) is 1.04. The van der Waals surface area contributed by atoms with E-state index in [0.717, 1.165) is 17.3 Å². The maximum Gasteiger partial charge on any atom is 0.0988 e. The van der Waals surface area contributed by atoms with Gasteiger partial charge >= 0.3 is 0 Å². The number of thioether (sulfide) groups is 1. The molecule has 1 N–H and O–H groups in total. The number of nitrogens with zero attached hydrogens (tertiary/aromatic N) is 1. The molecule has 2 nitrogen and oxygen atoms in total. The van der Waals surface area contributed by atoms with Gasteiger partial charge in [-0.1, -0.05) is 0 Å². The van der Waals surface area contributed by atoms with Gasteiger partial charge in [0.2, 0.25) is 0 Å². The standard InChI is InChI=1S/C5H9NOS/c1-4(7)5-6-2-3-8-5/h4,7H,2-3H2,1H3/t4-/m0/s1. The van der Waals surface area contributed by atoms with Gasteiger partial charge in [-0.2, -0.15) is 0 Å². The van der Waals surface area contributed by atoms with E-state index in [1.165, 1.54) is 0 Å². The third-order valence-electron chi connectivity index (χ3n) is 0.966. The molecule has 8 heavy (non-hydrogen) atoms. The minimum absolute atomic E-state index is 0.345. The van der Waals surface area contributed by atoms with Crippen LogP contribution in [0.25, 0.3) is 0 Å². The molecule has 0 aromatic heterocycles. The lowest BCUT2D eigenvalue weighted by molar-refractivity contribution is 0.265. The van der Waals surface area contributed by atoms with E-state index in [4.69, 9.17) is 5.11 Å². The Labute approximate surface area is 53.0 Å². The molecular formula is C5H9NOS. The first-order chi connectivity index (χ1) is 3.80. The maximum absolute atomic E-state index is 8.90. The van der Waals surface area contributed by atoms with E-state index in [2.05, 4.69) is 4.99 Å². The van der Waals surface area contributed by atoms with Crippen LogP contribution in [0.5, 0.6) is 0 Å². The second-order valence-corrected chi connectivity index (χ2v) is 2.86. The molecule has 1 atom stereocenters. The van der Waals surface area contributed by atoms with Crippen LogP contribution in [-0.4, -0.2) is 28.6 Å². The average molecular weight is 131 g/mol. The van der Waals surface area contributed by atoms with Crippen LogP contribution in [0.1, 0.15) is 6.92 Å². The molecule has 1 rings (SSSR count). The van der Waals surface area contributed by atoms with Gasteiger partial charge in [0.25, 0.3) is 0 Å². The molecule has 0 fully saturated rings. The third kappa shape index (κ3) is 1.23. The van der Waals surface area contributed by atoms with Crippen LogP contribution >= 0.6 is 11.8 Å². The van der Waals surface area contributed by atoms with Gasteiger partial charge < -0.3 is 5.11 Å². The molecule has 0 saturated carbocycles. The van der Waals surface area contributed by atoms with E-state index in [1.807, 2.05) is 0 Å². The number of aliphatic imine (C=N–C) groups is 1. The van der Waals surface area contributed by atoms with Crippen LogP contribution in [0.3, 0.4) is 0 Å². The van der Waals surface area contributed by atoms with E-state index in [-0.39, 0.29) is 6.10 Å². The predicted molar refractivity (Wildman–Crippen MR) is 36.4 cm³/mol. The lowest BCUT2D eigenvalue weighted by Gasteiger charge is -1.98. The normalized spacial score (nSPS) is 23.0. The Bertz CT molecular complexity index is 111. The fraction of sp³-hybridized carbons (Fsp3) is 0.800. The molecule has 0 unspecified atom stereocenters. The van der Waals surface area contributed by atoms with Gasteiger partial charge in [0.15, 0.2) is 0 Å². The number of hydrogen-bond donors (Lipinski definition) is 1. The Morgan fingerprint density at radius 2 is 2.62 bits per heavy atom.